The number of fused-ring (bicyclic) bond motifs is 1. The van der Waals surface area contributed by atoms with Gasteiger partial charge in [-0.05, 0) is 50.2 Å². The second kappa shape index (κ2) is 7.70. The molecule has 2 amide bonds. The van der Waals surface area contributed by atoms with Gasteiger partial charge in [0.05, 0.1) is 0 Å². The summed E-state index contributed by atoms with van der Waals surface area (Å²) >= 11 is 0. The minimum absolute atomic E-state index is 0.100. The van der Waals surface area contributed by atoms with Gasteiger partial charge in [-0.15, -0.1) is 0 Å². The van der Waals surface area contributed by atoms with Crippen molar-refractivity contribution in [2.24, 2.45) is 0 Å². The monoisotopic (exact) mass is 354 g/mol. The second-order valence-electron chi connectivity index (χ2n) is 7.79. The van der Waals surface area contributed by atoms with Crippen LogP contribution < -0.4 is 5.32 Å². The summed E-state index contributed by atoms with van der Waals surface area (Å²) in [7, 11) is 0. The Morgan fingerprint density at radius 2 is 2.04 bits per heavy atom. The largest absolute Gasteiger partial charge is 0.347 e. The normalized spacial score (nSPS) is 21.7. The molecule has 2 fully saturated rings. The predicted octanol–water partition coefficient (Wildman–Crippen LogP) is 3.30. The van der Waals surface area contributed by atoms with Crippen LogP contribution in [0.3, 0.4) is 0 Å². The molecule has 5 heteroatoms. The Morgan fingerprint density at radius 3 is 2.88 bits per heavy atom. The van der Waals surface area contributed by atoms with Gasteiger partial charge >= 0.3 is 6.03 Å². The summed E-state index contributed by atoms with van der Waals surface area (Å²) in [5.41, 5.74) is 1.26. The fourth-order valence-electron chi connectivity index (χ4n) is 4.39. The van der Waals surface area contributed by atoms with E-state index in [2.05, 4.69) is 58.2 Å². The molecule has 0 spiro atoms. The Hall–Kier alpha value is -2.01. The second-order valence-corrected chi connectivity index (χ2v) is 7.79. The highest BCUT2D eigenvalue weighted by atomic mass is 16.2. The molecule has 2 aliphatic rings. The lowest BCUT2D eigenvalue weighted by atomic mass is 9.98. The summed E-state index contributed by atoms with van der Waals surface area (Å²) in [6.45, 7) is 6.96. The molecule has 2 aliphatic heterocycles. The first-order chi connectivity index (χ1) is 12.7. The Bertz CT molecular complexity index is 749. The van der Waals surface area contributed by atoms with E-state index in [0.29, 0.717) is 12.1 Å². The number of carbonyl (C=O) groups is 1. The summed E-state index contributed by atoms with van der Waals surface area (Å²) in [4.78, 5) is 16.9. The third kappa shape index (κ3) is 3.58. The lowest BCUT2D eigenvalue weighted by Gasteiger charge is -2.49. The Balaban J connectivity index is 1.17. The van der Waals surface area contributed by atoms with Crippen molar-refractivity contribution in [3.8, 4) is 0 Å². The first-order valence-corrected chi connectivity index (χ1v) is 10.0. The summed E-state index contributed by atoms with van der Waals surface area (Å²) in [6.07, 6.45) is 7.04. The zero-order chi connectivity index (χ0) is 17.9. The van der Waals surface area contributed by atoms with E-state index in [4.69, 9.17) is 0 Å². The fourth-order valence-corrected chi connectivity index (χ4v) is 4.39. The van der Waals surface area contributed by atoms with Crippen molar-refractivity contribution in [1.29, 1.82) is 0 Å². The molecule has 2 aromatic rings. The summed E-state index contributed by atoms with van der Waals surface area (Å²) in [5, 5.41) is 4.36. The van der Waals surface area contributed by atoms with E-state index < -0.39 is 0 Å². The quantitative estimate of drug-likeness (QED) is 0.837. The van der Waals surface area contributed by atoms with Gasteiger partial charge in [-0.1, -0.05) is 24.6 Å². The van der Waals surface area contributed by atoms with Gasteiger partial charge in [0, 0.05) is 50.0 Å². The van der Waals surface area contributed by atoms with Gasteiger partial charge in [0.2, 0.25) is 0 Å². The van der Waals surface area contributed by atoms with Crippen LogP contribution in [0.4, 0.5) is 4.79 Å². The van der Waals surface area contributed by atoms with Crippen LogP contribution in [0.5, 0.6) is 0 Å². The molecule has 2 saturated heterocycles. The molecule has 0 aliphatic carbocycles. The molecule has 4 rings (SSSR count). The Kier molecular flexibility index (Phi) is 5.16. The van der Waals surface area contributed by atoms with E-state index in [1.54, 1.807) is 0 Å². The molecule has 0 unspecified atom stereocenters. The van der Waals surface area contributed by atoms with Gasteiger partial charge in [0.25, 0.3) is 0 Å². The van der Waals surface area contributed by atoms with Crippen molar-refractivity contribution in [2.45, 2.75) is 51.2 Å². The number of nitrogens with one attached hydrogen (secondary N) is 1. The van der Waals surface area contributed by atoms with E-state index in [1.165, 1.54) is 36.7 Å². The molecule has 26 heavy (non-hydrogen) atoms. The van der Waals surface area contributed by atoms with Crippen molar-refractivity contribution in [2.75, 3.05) is 26.2 Å². The molecule has 1 N–H and O–H groups in total. The standard InChI is InChI=1S/C21H30N4O/c1-17-7-4-5-13-25(17)19-15-24(16-19)21(26)22-11-6-12-23-14-10-18-8-2-3-9-20(18)23/h2-3,8-10,14,17,19H,4-7,11-13,15-16H2,1H3,(H,22,26)/t17-/m0/s1. The molecule has 0 radical (unpaired) electrons. The molecule has 1 atom stereocenters. The molecule has 1 aromatic carbocycles. The minimum atomic E-state index is 0.100. The number of piperidine rings is 1. The van der Waals surface area contributed by atoms with Crippen molar-refractivity contribution in [3.05, 3.63) is 36.5 Å². The van der Waals surface area contributed by atoms with Gasteiger partial charge in [-0.3, -0.25) is 4.90 Å². The highest BCUT2D eigenvalue weighted by molar-refractivity contribution is 5.79. The molecule has 0 saturated carbocycles. The summed E-state index contributed by atoms with van der Waals surface area (Å²) < 4.78 is 2.26. The summed E-state index contributed by atoms with van der Waals surface area (Å²) in [5.74, 6) is 0. The molecule has 140 valence electrons. The number of aryl methyl sites for hydroxylation is 1. The first-order valence-electron chi connectivity index (χ1n) is 10.0. The average molecular weight is 354 g/mol. The van der Waals surface area contributed by atoms with Crippen molar-refractivity contribution >= 4 is 16.9 Å². The third-order valence-electron chi connectivity index (χ3n) is 6.01. The third-order valence-corrected chi connectivity index (χ3v) is 6.01. The summed E-state index contributed by atoms with van der Waals surface area (Å²) in [6, 6.07) is 11.9. The number of amides is 2. The minimum Gasteiger partial charge on any atom is -0.347 e. The number of carbonyl (C=O) groups excluding carboxylic acids is 1. The number of benzene rings is 1. The van der Waals surface area contributed by atoms with Gasteiger partial charge in [-0.2, -0.15) is 0 Å². The Morgan fingerprint density at radius 1 is 1.19 bits per heavy atom. The maximum absolute atomic E-state index is 12.3. The number of nitrogens with zero attached hydrogens (tertiary/aromatic N) is 3. The van der Waals surface area contributed by atoms with E-state index in [9.17, 15) is 4.79 Å². The van der Waals surface area contributed by atoms with Crippen LogP contribution in [0.2, 0.25) is 0 Å². The highest BCUT2D eigenvalue weighted by Gasteiger charge is 2.37. The number of urea groups is 1. The van der Waals surface area contributed by atoms with E-state index in [-0.39, 0.29) is 6.03 Å². The van der Waals surface area contributed by atoms with Crippen LogP contribution in [-0.2, 0) is 6.54 Å². The Labute approximate surface area is 155 Å². The van der Waals surface area contributed by atoms with Crippen molar-refractivity contribution < 1.29 is 4.79 Å². The number of likely N-dealkylation sites (tertiary alicyclic amines) is 2. The molecular formula is C21H30N4O. The smallest absolute Gasteiger partial charge is 0.317 e. The number of para-hydroxylation sites is 1. The number of hydrogen-bond donors (Lipinski definition) is 1. The highest BCUT2D eigenvalue weighted by Crippen LogP contribution is 2.24. The lowest BCUT2D eigenvalue weighted by Crippen LogP contribution is -2.65. The van der Waals surface area contributed by atoms with Gasteiger partial charge in [0.15, 0.2) is 0 Å². The van der Waals surface area contributed by atoms with Crippen LogP contribution in [0.1, 0.15) is 32.6 Å². The SMILES string of the molecule is C[C@H]1CCCCN1C1CN(C(=O)NCCCn2ccc3ccccc32)C1. The van der Waals surface area contributed by atoms with Crippen LogP contribution >= 0.6 is 0 Å². The topological polar surface area (TPSA) is 40.5 Å². The van der Waals surface area contributed by atoms with E-state index in [1.807, 2.05) is 4.90 Å². The fraction of sp³-hybridized carbons (Fsp3) is 0.571. The number of hydrogen-bond acceptors (Lipinski definition) is 2. The molecular weight excluding hydrogens is 324 g/mol. The van der Waals surface area contributed by atoms with Crippen LogP contribution in [0.25, 0.3) is 10.9 Å². The predicted molar refractivity (Wildman–Crippen MR) is 105 cm³/mol. The first kappa shape index (κ1) is 17.4. The van der Waals surface area contributed by atoms with Gasteiger partial charge in [-0.25, -0.2) is 4.79 Å². The number of aromatic nitrogens is 1. The maximum atomic E-state index is 12.3. The zero-order valence-corrected chi connectivity index (χ0v) is 15.7. The van der Waals surface area contributed by atoms with Gasteiger partial charge < -0.3 is 14.8 Å². The van der Waals surface area contributed by atoms with E-state index >= 15 is 0 Å². The van der Waals surface area contributed by atoms with Crippen LogP contribution in [0.15, 0.2) is 36.5 Å². The van der Waals surface area contributed by atoms with Crippen molar-refractivity contribution in [3.63, 3.8) is 0 Å². The average Bonchev–Trinajstić information content (AvgIpc) is 3.02. The molecule has 3 heterocycles. The lowest BCUT2D eigenvalue weighted by molar-refractivity contribution is 0.0170. The maximum Gasteiger partial charge on any atom is 0.317 e. The molecule has 0 bridgehead atoms. The molecule has 1 aromatic heterocycles. The number of rotatable bonds is 5. The zero-order valence-electron chi connectivity index (χ0n) is 15.7. The van der Waals surface area contributed by atoms with Crippen molar-refractivity contribution in [1.82, 2.24) is 19.7 Å². The van der Waals surface area contributed by atoms with Gasteiger partial charge in [0.1, 0.15) is 0 Å². The molecule has 5 nitrogen and oxygen atoms in total. The van der Waals surface area contributed by atoms with Crippen LogP contribution in [-0.4, -0.2) is 58.7 Å². The van der Waals surface area contributed by atoms with Crippen LogP contribution in [0, 0.1) is 0 Å². The van der Waals surface area contributed by atoms with E-state index in [0.717, 1.165) is 32.6 Å².